The predicted molar refractivity (Wildman–Crippen MR) is 64.9 cm³/mol. The van der Waals surface area contributed by atoms with Gasteiger partial charge in [0.05, 0.1) is 5.56 Å². The largest absolute Gasteiger partial charge is 0.490 e. The molecule has 15 heavy (non-hydrogen) atoms. The van der Waals surface area contributed by atoms with E-state index in [4.69, 9.17) is 4.74 Å². The van der Waals surface area contributed by atoms with E-state index in [-0.39, 0.29) is 12.4 Å². The first-order valence-corrected chi connectivity index (χ1v) is 6.29. The van der Waals surface area contributed by atoms with Gasteiger partial charge in [0, 0.05) is 4.43 Å². The molecule has 0 spiro atoms. The van der Waals surface area contributed by atoms with Crippen LogP contribution < -0.4 is 4.74 Å². The summed E-state index contributed by atoms with van der Waals surface area (Å²) < 4.78 is 6.27. The average molecular weight is 318 g/mol. The van der Waals surface area contributed by atoms with Crippen molar-refractivity contribution in [3.8, 4) is 5.75 Å². The van der Waals surface area contributed by atoms with E-state index >= 15 is 0 Å². The number of benzene rings is 1. The molecule has 3 nitrogen and oxygen atoms in total. The van der Waals surface area contributed by atoms with Crippen LogP contribution in [0, 0.1) is 0 Å². The molecule has 0 saturated carbocycles. The Labute approximate surface area is 102 Å². The Hall–Kier alpha value is -0.620. The SMILES string of the molecule is O=C1c2cc(CCI)ccc2OCC1O. The van der Waals surface area contributed by atoms with Crippen LogP contribution in [0.1, 0.15) is 15.9 Å². The number of hydrogen-bond donors (Lipinski definition) is 1. The van der Waals surface area contributed by atoms with E-state index in [9.17, 15) is 9.90 Å². The number of aliphatic hydroxyl groups is 1. The number of aliphatic hydroxyl groups excluding tert-OH is 1. The Balaban J connectivity index is 2.37. The maximum absolute atomic E-state index is 11.6. The zero-order chi connectivity index (χ0) is 10.8. The number of carbonyl (C=O) groups is 1. The highest BCUT2D eigenvalue weighted by atomic mass is 127. The summed E-state index contributed by atoms with van der Waals surface area (Å²) in [5.74, 6) is 0.356. The van der Waals surface area contributed by atoms with E-state index < -0.39 is 6.10 Å². The lowest BCUT2D eigenvalue weighted by atomic mass is 9.99. The molecule has 0 aliphatic carbocycles. The molecular weight excluding hydrogens is 307 g/mol. The normalized spacial score (nSPS) is 19.6. The summed E-state index contributed by atoms with van der Waals surface area (Å²) in [7, 11) is 0. The average Bonchev–Trinajstić information content (AvgIpc) is 2.25. The van der Waals surface area contributed by atoms with Crippen molar-refractivity contribution < 1.29 is 14.6 Å². The maximum Gasteiger partial charge on any atom is 0.198 e. The molecule has 0 aromatic heterocycles. The van der Waals surface area contributed by atoms with Crippen LogP contribution in [-0.4, -0.2) is 28.0 Å². The van der Waals surface area contributed by atoms with E-state index in [0.717, 1.165) is 16.4 Å². The molecule has 1 atom stereocenters. The van der Waals surface area contributed by atoms with Gasteiger partial charge >= 0.3 is 0 Å². The highest BCUT2D eigenvalue weighted by molar-refractivity contribution is 14.1. The monoisotopic (exact) mass is 318 g/mol. The van der Waals surface area contributed by atoms with Gasteiger partial charge in [0.1, 0.15) is 12.4 Å². The van der Waals surface area contributed by atoms with Gasteiger partial charge in [-0.15, -0.1) is 0 Å². The molecule has 0 fully saturated rings. The number of halogens is 1. The van der Waals surface area contributed by atoms with Crippen molar-refractivity contribution in [1.29, 1.82) is 0 Å². The molecular formula is C11H11IO3. The highest BCUT2D eigenvalue weighted by Gasteiger charge is 2.26. The van der Waals surface area contributed by atoms with Crippen LogP contribution in [0.25, 0.3) is 0 Å². The van der Waals surface area contributed by atoms with Gasteiger partial charge in [-0.25, -0.2) is 0 Å². The number of hydrogen-bond acceptors (Lipinski definition) is 3. The molecule has 0 radical (unpaired) electrons. The van der Waals surface area contributed by atoms with Gasteiger partial charge in [-0.2, -0.15) is 0 Å². The summed E-state index contributed by atoms with van der Waals surface area (Å²) in [6.07, 6.45) is -0.0793. The Morgan fingerprint density at radius 3 is 3.07 bits per heavy atom. The molecule has 1 aliphatic rings. The number of alkyl halides is 1. The van der Waals surface area contributed by atoms with E-state index in [1.807, 2.05) is 12.1 Å². The van der Waals surface area contributed by atoms with Crippen LogP contribution in [0.3, 0.4) is 0 Å². The van der Waals surface area contributed by atoms with Crippen LogP contribution in [0.5, 0.6) is 5.75 Å². The molecule has 4 heteroatoms. The van der Waals surface area contributed by atoms with Crippen molar-refractivity contribution in [3.63, 3.8) is 0 Å². The Bertz CT molecular complexity index is 389. The molecule has 1 aromatic carbocycles. The Morgan fingerprint density at radius 2 is 2.33 bits per heavy atom. The quantitative estimate of drug-likeness (QED) is 0.666. The Kier molecular flexibility index (Phi) is 3.25. The summed E-state index contributed by atoms with van der Waals surface area (Å²) >= 11 is 2.29. The van der Waals surface area contributed by atoms with Crippen molar-refractivity contribution in [2.24, 2.45) is 0 Å². The lowest BCUT2D eigenvalue weighted by Gasteiger charge is -2.20. The molecule has 0 bridgehead atoms. The minimum absolute atomic E-state index is 0.0669. The second-order valence-electron chi connectivity index (χ2n) is 3.46. The number of fused-ring (bicyclic) bond motifs is 1. The van der Waals surface area contributed by atoms with Crippen molar-refractivity contribution in [1.82, 2.24) is 0 Å². The third-order valence-electron chi connectivity index (χ3n) is 2.39. The van der Waals surface area contributed by atoms with Crippen molar-refractivity contribution in [2.75, 3.05) is 11.0 Å². The number of carbonyl (C=O) groups excluding carboxylic acids is 1. The van der Waals surface area contributed by atoms with Gasteiger partial charge in [0.25, 0.3) is 0 Å². The van der Waals surface area contributed by atoms with Gasteiger partial charge in [0.2, 0.25) is 0 Å². The fraction of sp³-hybridized carbons (Fsp3) is 0.364. The summed E-state index contributed by atoms with van der Waals surface area (Å²) in [4.78, 5) is 11.6. The van der Waals surface area contributed by atoms with Gasteiger partial charge in [0.15, 0.2) is 11.9 Å². The zero-order valence-corrected chi connectivity index (χ0v) is 10.2. The van der Waals surface area contributed by atoms with Crippen molar-refractivity contribution in [3.05, 3.63) is 29.3 Å². The molecule has 1 aliphatic heterocycles. The zero-order valence-electron chi connectivity index (χ0n) is 8.07. The first-order valence-electron chi connectivity index (χ1n) is 4.76. The molecule has 1 heterocycles. The van der Waals surface area contributed by atoms with E-state index in [0.29, 0.717) is 11.3 Å². The number of Topliss-reactive ketones (excluding diaryl/α,β-unsaturated/α-hetero) is 1. The third kappa shape index (κ3) is 2.15. The molecule has 2 rings (SSSR count). The summed E-state index contributed by atoms with van der Waals surface area (Å²) in [5, 5.41) is 9.37. The number of aryl methyl sites for hydroxylation is 1. The fourth-order valence-corrected chi connectivity index (χ4v) is 2.21. The van der Waals surface area contributed by atoms with Crippen molar-refractivity contribution in [2.45, 2.75) is 12.5 Å². The maximum atomic E-state index is 11.6. The molecule has 0 saturated heterocycles. The molecule has 1 N–H and O–H groups in total. The summed E-state index contributed by atoms with van der Waals surface area (Å²) in [6, 6.07) is 5.59. The third-order valence-corrected chi connectivity index (χ3v) is 2.93. The van der Waals surface area contributed by atoms with E-state index in [2.05, 4.69) is 22.6 Å². The topological polar surface area (TPSA) is 46.5 Å². The standard InChI is InChI=1S/C11H11IO3/c12-4-3-7-1-2-10-8(5-7)11(14)9(13)6-15-10/h1-2,5,9,13H,3-4,6H2. The molecule has 0 amide bonds. The molecule has 80 valence electrons. The van der Waals surface area contributed by atoms with Gasteiger partial charge < -0.3 is 9.84 Å². The van der Waals surface area contributed by atoms with Crippen LogP contribution in [-0.2, 0) is 6.42 Å². The highest BCUT2D eigenvalue weighted by Crippen LogP contribution is 2.26. The van der Waals surface area contributed by atoms with Gasteiger partial charge in [-0.3, -0.25) is 4.79 Å². The van der Waals surface area contributed by atoms with E-state index in [1.165, 1.54) is 0 Å². The number of ketones is 1. The first kappa shape index (κ1) is 10.9. The minimum atomic E-state index is -1.01. The summed E-state index contributed by atoms with van der Waals surface area (Å²) in [6.45, 7) is 0.0669. The fourth-order valence-electron chi connectivity index (χ4n) is 1.58. The summed E-state index contributed by atoms with van der Waals surface area (Å²) in [5.41, 5.74) is 1.62. The second-order valence-corrected chi connectivity index (χ2v) is 4.54. The van der Waals surface area contributed by atoms with Crippen LogP contribution in [0.4, 0.5) is 0 Å². The first-order chi connectivity index (χ1) is 7.22. The minimum Gasteiger partial charge on any atom is -0.490 e. The van der Waals surface area contributed by atoms with Crippen LogP contribution in [0.2, 0.25) is 0 Å². The predicted octanol–water partition coefficient (Wildman–Crippen LogP) is 1.60. The van der Waals surface area contributed by atoms with Crippen LogP contribution in [0.15, 0.2) is 18.2 Å². The van der Waals surface area contributed by atoms with E-state index in [1.54, 1.807) is 6.07 Å². The number of ether oxygens (including phenoxy) is 1. The molecule has 1 unspecified atom stereocenters. The van der Waals surface area contributed by atoms with Crippen LogP contribution >= 0.6 is 22.6 Å². The Morgan fingerprint density at radius 1 is 1.53 bits per heavy atom. The molecule has 1 aromatic rings. The van der Waals surface area contributed by atoms with Gasteiger partial charge in [-0.05, 0) is 24.1 Å². The van der Waals surface area contributed by atoms with Gasteiger partial charge in [-0.1, -0.05) is 28.7 Å². The van der Waals surface area contributed by atoms with Crippen molar-refractivity contribution >= 4 is 28.4 Å². The smallest absolute Gasteiger partial charge is 0.198 e. The lowest BCUT2D eigenvalue weighted by Crippen LogP contribution is -2.32. The lowest BCUT2D eigenvalue weighted by molar-refractivity contribution is 0.0558. The number of rotatable bonds is 2. The second kappa shape index (κ2) is 4.49.